The Labute approximate surface area is 164 Å². The van der Waals surface area contributed by atoms with Gasteiger partial charge in [0.25, 0.3) is 0 Å². The fourth-order valence-electron chi connectivity index (χ4n) is 4.31. The van der Waals surface area contributed by atoms with Gasteiger partial charge in [-0.05, 0) is 43.7 Å². The Balaban J connectivity index is 1.79. The van der Waals surface area contributed by atoms with Crippen LogP contribution in [0.25, 0.3) is 10.9 Å². The first-order valence-corrected chi connectivity index (χ1v) is 9.88. The van der Waals surface area contributed by atoms with Gasteiger partial charge in [-0.1, -0.05) is 13.8 Å². The molecule has 0 amide bonds. The molecule has 4 atom stereocenters. The number of nitrogens with zero attached hydrogens (tertiary/aromatic N) is 2. The summed E-state index contributed by atoms with van der Waals surface area (Å²) in [5.74, 6) is 0.654. The number of ether oxygens (including phenoxy) is 2. The molecule has 3 aliphatic heterocycles. The molecular formula is C22H26N2O4. The molecule has 28 heavy (non-hydrogen) atoms. The standard InChI is InChI=1S/C22H26N2O4/c1-13(2)22(26)28-21(19-10-14-7-9-24(19)12-20(14)25)16-6-8-23-18-5-4-15(27-3)11-17(16)18/h4-6,8,11,13-14,19,21H,7,9-10,12H2,1-3H3/t14-,19+,21-/m0/s1. The number of carbonyl (C=O) groups excluding carboxylic acids is 2. The van der Waals surface area contributed by atoms with Gasteiger partial charge in [0.2, 0.25) is 0 Å². The monoisotopic (exact) mass is 382 g/mol. The lowest BCUT2D eigenvalue weighted by Crippen LogP contribution is -2.56. The third-order valence-electron chi connectivity index (χ3n) is 5.93. The van der Waals surface area contributed by atoms with Crippen molar-refractivity contribution in [2.45, 2.75) is 38.8 Å². The Hall–Kier alpha value is -2.47. The minimum Gasteiger partial charge on any atom is -0.497 e. The van der Waals surface area contributed by atoms with Crippen LogP contribution in [0.2, 0.25) is 0 Å². The predicted molar refractivity (Wildman–Crippen MR) is 105 cm³/mol. The Kier molecular flexibility index (Phi) is 5.06. The van der Waals surface area contributed by atoms with Crippen LogP contribution in [-0.4, -0.2) is 47.9 Å². The first-order chi connectivity index (χ1) is 13.5. The van der Waals surface area contributed by atoms with Crippen LogP contribution in [0.5, 0.6) is 5.75 Å². The van der Waals surface area contributed by atoms with E-state index in [0.717, 1.165) is 41.6 Å². The number of benzene rings is 1. The van der Waals surface area contributed by atoms with E-state index >= 15 is 0 Å². The number of piperidine rings is 3. The Morgan fingerprint density at radius 1 is 1.29 bits per heavy atom. The van der Waals surface area contributed by atoms with Gasteiger partial charge in [0.1, 0.15) is 17.6 Å². The van der Waals surface area contributed by atoms with Gasteiger partial charge in [-0.15, -0.1) is 0 Å². The van der Waals surface area contributed by atoms with Crippen molar-refractivity contribution in [3.05, 3.63) is 36.0 Å². The summed E-state index contributed by atoms with van der Waals surface area (Å²) < 4.78 is 11.4. The molecule has 3 aliphatic rings. The maximum Gasteiger partial charge on any atom is 0.309 e. The lowest BCUT2D eigenvalue weighted by atomic mass is 9.79. The Bertz CT molecular complexity index is 911. The highest BCUT2D eigenvalue weighted by Crippen LogP contribution is 2.40. The van der Waals surface area contributed by atoms with Crippen LogP contribution in [-0.2, 0) is 14.3 Å². The summed E-state index contributed by atoms with van der Waals surface area (Å²) in [5, 5.41) is 0.914. The molecule has 6 nitrogen and oxygen atoms in total. The highest BCUT2D eigenvalue weighted by Gasteiger charge is 2.44. The van der Waals surface area contributed by atoms with Gasteiger partial charge in [-0.25, -0.2) is 0 Å². The third kappa shape index (κ3) is 3.37. The van der Waals surface area contributed by atoms with Crippen molar-refractivity contribution in [2.75, 3.05) is 20.2 Å². The second-order valence-electron chi connectivity index (χ2n) is 8.02. The smallest absolute Gasteiger partial charge is 0.309 e. The minimum absolute atomic E-state index is 0.00375. The van der Waals surface area contributed by atoms with Crippen molar-refractivity contribution < 1.29 is 19.1 Å². The highest BCUT2D eigenvalue weighted by molar-refractivity contribution is 5.86. The molecule has 6 heteroatoms. The van der Waals surface area contributed by atoms with E-state index in [1.807, 2.05) is 38.1 Å². The molecule has 0 N–H and O–H groups in total. The first-order valence-electron chi connectivity index (χ1n) is 9.88. The van der Waals surface area contributed by atoms with Crippen LogP contribution in [0.1, 0.15) is 38.4 Å². The van der Waals surface area contributed by atoms with Crippen molar-refractivity contribution in [3.63, 3.8) is 0 Å². The quantitative estimate of drug-likeness (QED) is 0.740. The molecule has 0 radical (unpaired) electrons. The molecule has 148 valence electrons. The summed E-state index contributed by atoms with van der Waals surface area (Å²) in [6.07, 6.45) is 2.93. The second kappa shape index (κ2) is 7.51. The molecule has 5 rings (SSSR count). The summed E-state index contributed by atoms with van der Waals surface area (Å²) >= 11 is 0. The van der Waals surface area contributed by atoms with Gasteiger partial charge in [0.15, 0.2) is 0 Å². The number of hydrogen-bond acceptors (Lipinski definition) is 6. The van der Waals surface area contributed by atoms with Crippen LogP contribution in [0.4, 0.5) is 0 Å². The van der Waals surface area contributed by atoms with E-state index in [1.165, 1.54) is 0 Å². The Morgan fingerprint density at radius 3 is 2.75 bits per heavy atom. The largest absolute Gasteiger partial charge is 0.497 e. The number of carbonyl (C=O) groups is 2. The molecule has 0 spiro atoms. The van der Waals surface area contributed by atoms with Gasteiger partial charge >= 0.3 is 5.97 Å². The molecule has 1 unspecified atom stereocenters. The summed E-state index contributed by atoms with van der Waals surface area (Å²) in [7, 11) is 1.63. The van der Waals surface area contributed by atoms with Gasteiger partial charge in [-0.2, -0.15) is 0 Å². The number of methoxy groups -OCH3 is 1. The fourth-order valence-corrected chi connectivity index (χ4v) is 4.31. The number of hydrogen-bond donors (Lipinski definition) is 0. The van der Waals surface area contributed by atoms with Crippen LogP contribution >= 0.6 is 0 Å². The van der Waals surface area contributed by atoms with Crippen molar-refractivity contribution in [1.82, 2.24) is 9.88 Å². The van der Waals surface area contributed by atoms with E-state index < -0.39 is 6.10 Å². The lowest BCUT2D eigenvalue weighted by Gasteiger charge is -2.47. The molecule has 3 saturated heterocycles. The molecule has 2 bridgehead atoms. The SMILES string of the molecule is COc1ccc2nccc([C@H](OC(=O)C(C)C)[C@H]3C[C@@H]4CCN3CC4=O)c2c1. The molecular weight excluding hydrogens is 356 g/mol. The van der Waals surface area contributed by atoms with E-state index in [9.17, 15) is 9.59 Å². The average molecular weight is 382 g/mol. The minimum atomic E-state index is -0.441. The molecule has 2 aromatic rings. The molecule has 1 aromatic heterocycles. The molecule has 3 fully saturated rings. The topological polar surface area (TPSA) is 68.7 Å². The number of ketones is 1. The van der Waals surface area contributed by atoms with E-state index in [1.54, 1.807) is 13.3 Å². The van der Waals surface area contributed by atoms with Gasteiger partial charge in [0, 0.05) is 23.1 Å². The average Bonchev–Trinajstić information content (AvgIpc) is 2.71. The maximum atomic E-state index is 12.6. The van der Waals surface area contributed by atoms with Crippen molar-refractivity contribution >= 4 is 22.7 Å². The van der Waals surface area contributed by atoms with Gasteiger partial charge in [0.05, 0.1) is 31.1 Å². The maximum absolute atomic E-state index is 12.6. The number of esters is 1. The van der Waals surface area contributed by atoms with E-state index in [2.05, 4.69) is 9.88 Å². The van der Waals surface area contributed by atoms with E-state index in [-0.39, 0.29) is 23.8 Å². The van der Waals surface area contributed by atoms with E-state index in [0.29, 0.717) is 12.3 Å². The highest BCUT2D eigenvalue weighted by atomic mass is 16.5. The van der Waals surface area contributed by atoms with Crippen LogP contribution in [0.15, 0.2) is 30.5 Å². The normalized spacial score (nSPS) is 25.1. The summed E-state index contributed by atoms with van der Waals surface area (Å²) in [6.45, 7) is 4.98. The summed E-state index contributed by atoms with van der Waals surface area (Å²) in [6, 6.07) is 7.64. The molecule has 0 aliphatic carbocycles. The number of Topliss-reactive ketones (excluding diaryl/α,β-unsaturated/α-hetero) is 1. The van der Waals surface area contributed by atoms with Crippen molar-refractivity contribution in [1.29, 1.82) is 0 Å². The van der Waals surface area contributed by atoms with Gasteiger partial charge in [-0.3, -0.25) is 19.5 Å². The Morgan fingerprint density at radius 2 is 2.11 bits per heavy atom. The third-order valence-corrected chi connectivity index (χ3v) is 5.93. The van der Waals surface area contributed by atoms with Crippen LogP contribution in [0.3, 0.4) is 0 Å². The summed E-state index contributed by atoms with van der Waals surface area (Å²) in [5.41, 5.74) is 1.75. The van der Waals surface area contributed by atoms with Crippen LogP contribution in [0, 0.1) is 11.8 Å². The van der Waals surface area contributed by atoms with E-state index in [4.69, 9.17) is 9.47 Å². The number of rotatable bonds is 5. The first kappa shape index (κ1) is 18.9. The molecule has 1 aromatic carbocycles. The zero-order valence-corrected chi connectivity index (χ0v) is 16.6. The number of aromatic nitrogens is 1. The van der Waals surface area contributed by atoms with Gasteiger partial charge < -0.3 is 9.47 Å². The fraction of sp³-hybridized carbons (Fsp3) is 0.500. The second-order valence-corrected chi connectivity index (χ2v) is 8.02. The van der Waals surface area contributed by atoms with Crippen LogP contribution < -0.4 is 4.74 Å². The molecule has 0 saturated carbocycles. The zero-order chi connectivity index (χ0) is 19.8. The van der Waals surface area contributed by atoms with Crippen molar-refractivity contribution in [2.24, 2.45) is 11.8 Å². The zero-order valence-electron chi connectivity index (χ0n) is 16.6. The van der Waals surface area contributed by atoms with Crippen molar-refractivity contribution in [3.8, 4) is 5.75 Å². The number of pyridine rings is 1. The predicted octanol–water partition coefficient (Wildman–Crippen LogP) is 3.15. The number of fused-ring (bicyclic) bond motifs is 4. The molecule has 4 heterocycles. The summed E-state index contributed by atoms with van der Waals surface area (Å²) in [4.78, 5) is 31.4. The lowest BCUT2D eigenvalue weighted by molar-refractivity contribution is -0.161.